The van der Waals surface area contributed by atoms with E-state index in [1.807, 2.05) is 24.3 Å². The molecule has 1 heterocycles. The first-order valence-electron chi connectivity index (χ1n) is 7.73. The lowest BCUT2D eigenvalue weighted by atomic mass is 10.3. The molecule has 3 aromatic rings. The van der Waals surface area contributed by atoms with Crippen molar-refractivity contribution in [1.82, 2.24) is 4.98 Å². The zero-order valence-corrected chi connectivity index (χ0v) is 15.2. The van der Waals surface area contributed by atoms with Gasteiger partial charge in [-0.1, -0.05) is 29.8 Å². The molecule has 1 N–H and O–H groups in total. The summed E-state index contributed by atoms with van der Waals surface area (Å²) in [6, 6.07) is 14.4. The number of amides is 1. The smallest absolute Gasteiger partial charge is 0.332 e. The van der Waals surface area contributed by atoms with E-state index in [0.29, 0.717) is 10.7 Å². The summed E-state index contributed by atoms with van der Waals surface area (Å²) in [4.78, 5) is 27.8. The SMILES string of the molecule is O=C(COC(=O)COCc1nc2ccccc2s1)Nc1cccc(Cl)c1. The number of thiazole rings is 1. The summed E-state index contributed by atoms with van der Waals surface area (Å²) < 4.78 is 11.2. The third-order valence-electron chi connectivity index (χ3n) is 3.26. The third kappa shape index (κ3) is 5.26. The van der Waals surface area contributed by atoms with Crippen LogP contribution in [0, 0.1) is 0 Å². The highest BCUT2D eigenvalue weighted by molar-refractivity contribution is 7.18. The van der Waals surface area contributed by atoms with Crippen LogP contribution >= 0.6 is 22.9 Å². The van der Waals surface area contributed by atoms with E-state index in [0.717, 1.165) is 15.2 Å². The molecule has 0 aliphatic heterocycles. The van der Waals surface area contributed by atoms with Crippen LogP contribution in [0.3, 0.4) is 0 Å². The van der Waals surface area contributed by atoms with E-state index in [1.165, 1.54) is 11.3 Å². The predicted molar refractivity (Wildman–Crippen MR) is 100 cm³/mol. The van der Waals surface area contributed by atoms with E-state index in [-0.39, 0.29) is 13.2 Å². The first-order chi connectivity index (χ1) is 12.6. The average Bonchev–Trinajstić information content (AvgIpc) is 3.03. The molecule has 0 spiro atoms. The zero-order valence-electron chi connectivity index (χ0n) is 13.6. The molecule has 2 aromatic carbocycles. The van der Waals surface area contributed by atoms with Gasteiger partial charge in [0.05, 0.1) is 16.8 Å². The quantitative estimate of drug-likeness (QED) is 0.623. The summed E-state index contributed by atoms with van der Waals surface area (Å²) in [5.74, 6) is -1.07. The predicted octanol–water partition coefficient (Wildman–Crippen LogP) is 3.65. The van der Waals surface area contributed by atoms with E-state index >= 15 is 0 Å². The molecule has 0 saturated heterocycles. The van der Waals surface area contributed by atoms with Crippen molar-refractivity contribution in [3.05, 3.63) is 58.6 Å². The summed E-state index contributed by atoms with van der Waals surface area (Å²) in [6.07, 6.45) is 0. The van der Waals surface area contributed by atoms with Crippen molar-refractivity contribution in [1.29, 1.82) is 0 Å². The van der Waals surface area contributed by atoms with Crippen molar-refractivity contribution < 1.29 is 19.1 Å². The molecule has 26 heavy (non-hydrogen) atoms. The maximum atomic E-state index is 11.7. The monoisotopic (exact) mass is 390 g/mol. The van der Waals surface area contributed by atoms with E-state index < -0.39 is 18.5 Å². The molecule has 1 aromatic heterocycles. The Hall–Kier alpha value is -2.48. The Morgan fingerprint density at radius 1 is 1.12 bits per heavy atom. The molecular weight excluding hydrogens is 376 g/mol. The number of carbonyl (C=O) groups is 2. The van der Waals surface area contributed by atoms with Gasteiger partial charge in [0.2, 0.25) is 0 Å². The molecule has 0 radical (unpaired) electrons. The van der Waals surface area contributed by atoms with Gasteiger partial charge in [-0.2, -0.15) is 0 Å². The number of hydrogen-bond acceptors (Lipinski definition) is 6. The molecule has 1 amide bonds. The molecule has 0 bridgehead atoms. The molecule has 8 heteroatoms. The number of halogens is 1. The van der Waals surface area contributed by atoms with Gasteiger partial charge >= 0.3 is 5.97 Å². The fraction of sp³-hybridized carbons (Fsp3) is 0.167. The van der Waals surface area contributed by atoms with Crippen molar-refractivity contribution in [3.63, 3.8) is 0 Å². The van der Waals surface area contributed by atoms with Crippen LogP contribution in [0.15, 0.2) is 48.5 Å². The number of anilines is 1. The second-order valence-corrected chi connectivity index (χ2v) is 6.84. The van der Waals surface area contributed by atoms with Crippen LogP contribution in [0.25, 0.3) is 10.2 Å². The minimum absolute atomic E-state index is 0.211. The summed E-state index contributed by atoms with van der Waals surface area (Å²) in [7, 11) is 0. The Bertz CT molecular complexity index is 895. The van der Waals surface area contributed by atoms with Crippen LogP contribution < -0.4 is 5.32 Å². The first kappa shape index (κ1) is 18.3. The number of nitrogens with zero attached hydrogens (tertiary/aromatic N) is 1. The van der Waals surface area contributed by atoms with Gasteiger partial charge < -0.3 is 14.8 Å². The maximum Gasteiger partial charge on any atom is 0.332 e. The molecule has 0 saturated carbocycles. The Labute approximate surface area is 158 Å². The normalized spacial score (nSPS) is 10.7. The second kappa shape index (κ2) is 8.75. The largest absolute Gasteiger partial charge is 0.454 e. The lowest BCUT2D eigenvalue weighted by Crippen LogP contribution is -2.22. The zero-order chi connectivity index (χ0) is 18.4. The van der Waals surface area contributed by atoms with Gasteiger partial charge in [-0.3, -0.25) is 4.79 Å². The maximum absolute atomic E-state index is 11.7. The molecular formula is C18H15ClN2O4S. The lowest BCUT2D eigenvalue weighted by Gasteiger charge is -2.07. The highest BCUT2D eigenvalue weighted by atomic mass is 35.5. The number of aromatic nitrogens is 1. The summed E-state index contributed by atoms with van der Waals surface area (Å²) in [5.41, 5.74) is 1.43. The molecule has 0 aliphatic carbocycles. The minimum Gasteiger partial charge on any atom is -0.454 e. The number of carbonyl (C=O) groups excluding carboxylic acids is 2. The van der Waals surface area contributed by atoms with Crippen LogP contribution in [0.2, 0.25) is 5.02 Å². The molecule has 0 aliphatic rings. The van der Waals surface area contributed by atoms with Gasteiger partial charge in [0.25, 0.3) is 5.91 Å². The highest BCUT2D eigenvalue weighted by Gasteiger charge is 2.10. The van der Waals surface area contributed by atoms with Gasteiger partial charge in [-0.25, -0.2) is 9.78 Å². The number of para-hydroxylation sites is 1. The fourth-order valence-corrected chi connectivity index (χ4v) is 3.25. The Balaban J connectivity index is 1.38. The Morgan fingerprint density at radius 2 is 1.96 bits per heavy atom. The fourth-order valence-electron chi connectivity index (χ4n) is 2.15. The van der Waals surface area contributed by atoms with Gasteiger partial charge in [0.15, 0.2) is 6.61 Å². The number of rotatable bonds is 7. The van der Waals surface area contributed by atoms with E-state index in [2.05, 4.69) is 10.3 Å². The number of nitrogens with one attached hydrogen (secondary N) is 1. The Kier molecular flexibility index (Phi) is 6.17. The number of benzene rings is 2. The molecule has 0 fully saturated rings. The van der Waals surface area contributed by atoms with E-state index in [1.54, 1.807) is 24.3 Å². The summed E-state index contributed by atoms with van der Waals surface area (Å²) in [5, 5.41) is 3.86. The van der Waals surface area contributed by atoms with Gasteiger partial charge in [0, 0.05) is 10.7 Å². The van der Waals surface area contributed by atoms with Crippen LogP contribution in [-0.4, -0.2) is 30.1 Å². The van der Waals surface area contributed by atoms with Gasteiger partial charge in [-0.05, 0) is 30.3 Å². The standard InChI is InChI=1S/C18H15ClN2O4S/c19-12-4-3-5-13(8-12)20-16(22)9-25-18(23)11-24-10-17-21-14-6-1-2-7-15(14)26-17/h1-8H,9-11H2,(H,20,22). The number of fused-ring (bicyclic) bond motifs is 1. The second-order valence-electron chi connectivity index (χ2n) is 5.29. The number of esters is 1. The van der Waals surface area contributed by atoms with Crippen molar-refractivity contribution in [2.75, 3.05) is 18.5 Å². The van der Waals surface area contributed by atoms with Gasteiger partial charge in [0.1, 0.15) is 11.6 Å². The number of hydrogen-bond donors (Lipinski definition) is 1. The van der Waals surface area contributed by atoms with Crippen molar-refractivity contribution in [3.8, 4) is 0 Å². The van der Waals surface area contributed by atoms with Crippen LogP contribution in [0.1, 0.15) is 5.01 Å². The van der Waals surface area contributed by atoms with Crippen LogP contribution in [0.5, 0.6) is 0 Å². The summed E-state index contributed by atoms with van der Waals surface area (Å²) >= 11 is 7.34. The van der Waals surface area contributed by atoms with Gasteiger partial charge in [-0.15, -0.1) is 11.3 Å². The van der Waals surface area contributed by atoms with Crippen molar-refractivity contribution in [2.24, 2.45) is 0 Å². The molecule has 6 nitrogen and oxygen atoms in total. The third-order valence-corrected chi connectivity index (χ3v) is 4.50. The van der Waals surface area contributed by atoms with E-state index in [4.69, 9.17) is 21.1 Å². The van der Waals surface area contributed by atoms with Crippen LogP contribution in [-0.2, 0) is 25.7 Å². The molecule has 0 atom stereocenters. The molecule has 3 rings (SSSR count). The summed E-state index contributed by atoms with van der Waals surface area (Å²) in [6.45, 7) is -0.431. The van der Waals surface area contributed by atoms with Crippen molar-refractivity contribution >= 4 is 50.7 Å². The topological polar surface area (TPSA) is 77.5 Å². The lowest BCUT2D eigenvalue weighted by molar-refractivity contribution is -0.152. The minimum atomic E-state index is -0.618. The first-order valence-corrected chi connectivity index (χ1v) is 8.93. The highest BCUT2D eigenvalue weighted by Crippen LogP contribution is 2.21. The van der Waals surface area contributed by atoms with Crippen LogP contribution in [0.4, 0.5) is 5.69 Å². The number of ether oxygens (including phenoxy) is 2. The Morgan fingerprint density at radius 3 is 2.77 bits per heavy atom. The average molecular weight is 391 g/mol. The molecule has 0 unspecified atom stereocenters. The van der Waals surface area contributed by atoms with Crippen molar-refractivity contribution in [2.45, 2.75) is 6.61 Å². The molecule has 134 valence electrons. The van der Waals surface area contributed by atoms with E-state index in [9.17, 15) is 9.59 Å².